The topological polar surface area (TPSA) is 31.4 Å². The average Bonchev–Trinajstić information content (AvgIpc) is 2.95. The van der Waals surface area contributed by atoms with Crippen LogP contribution in [0.5, 0.6) is 0 Å². The lowest BCUT2D eigenvalue weighted by molar-refractivity contribution is -0.0443. The molecule has 1 aromatic rings. The van der Waals surface area contributed by atoms with Crippen LogP contribution in [0, 0.1) is 0 Å². The van der Waals surface area contributed by atoms with Crippen LogP contribution in [0.1, 0.15) is 30.4 Å². The number of pyridine rings is 1. The van der Waals surface area contributed by atoms with Crippen molar-refractivity contribution in [2.45, 2.75) is 25.6 Å². The Hall–Kier alpha value is -1.45. The summed E-state index contributed by atoms with van der Waals surface area (Å²) in [5.41, 5.74) is 3.45. The average molecular weight is 243 g/mol. The predicted molar refractivity (Wildman–Crippen MR) is 69.0 cm³/mol. The van der Waals surface area contributed by atoms with Crippen LogP contribution in [0.4, 0.5) is 0 Å². The molecule has 1 aliphatic heterocycles. The van der Waals surface area contributed by atoms with Gasteiger partial charge in [0.25, 0.3) is 0 Å². The number of allylic oxidation sites excluding steroid dienone is 4. The van der Waals surface area contributed by atoms with Gasteiger partial charge in [-0.2, -0.15) is 0 Å². The van der Waals surface area contributed by atoms with Gasteiger partial charge in [0.05, 0.1) is 13.2 Å². The fourth-order valence-corrected chi connectivity index (χ4v) is 2.24. The summed E-state index contributed by atoms with van der Waals surface area (Å²) in [4.78, 5) is 4.48. The van der Waals surface area contributed by atoms with Crippen molar-refractivity contribution in [2.75, 3.05) is 13.2 Å². The molecule has 0 amide bonds. The first kappa shape index (κ1) is 11.6. The number of ether oxygens (including phenoxy) is 2. The molecule has 0 bridgehead atoms. The zero-order valence-electron chi connectivity index (χ0n) is 10.3. The Kier molecular flexibility index (Phi) is 3.53. The van der Waals surface area contributed by atoms with Crippen LogP contribution in [-0.4, -0.2) is 18.2 Å². The van der Waals surface area contributed by atoms with Crippen LogP contribution in [0.3, 0.4) is 0 Å². The molecule has 0 N–H and O–H groups in total. The summed E-state index contributed by atoms with van der Waals surface area (Å²) >= 11 is 0. The van der Waals surface area contributed by atoms with E-state index in [1.54, 1.807) is 0 Å². The zero-order chi connectivity index (χ0) is 12.2. The molecule has 0 atom stereocenters. The molecule has 3 rings (SSSR count). The summed E-state index contributed by atoms with van der Waals surface area (Å²) in [6, 6.07) is 4.11. The van der Waals surface area contributed by atoms with Crippen molar-refractivity contribution >= 4 is 0 Å². The van der Waals surface area contributed by atoms with Gasteiger partial charge in [0.1, 0.15) is 0 Å². The van der Waals surface area contributed by atoms with Crippen molar-refractivity contribution in [1.82, 2.24) is 4.98 Å². The highest BCUT2D eigenvalue weighted by atomic mass is 16.7. The number of hydrogen-bond donors (Lipinski definition) is 0. The molecule has 18 heavy (non-hydrogen) atoms. The number of aromatic nitrogens is 1. The summed E-state index contributed by atoms with van der Waals surface area (Å²) < 4.78 is 10.9. The third-order valence-corrected chi connectivity index (χ3v) is 3.20. The molecule has 2 heterocycles. The van der Waals surface area contributed by atoms with E-state index in [2.05, 4.69) is 29.3 Å². The van der Waals surface area contributed by atoms with Crippen LogP contribution in [0.2, 0.25) is 0 Å². The SMILES string of the molecule is C1=CC(Cc2ccc(C3OCCO3)cn2)=CCC1. The molecule has 1 aromatic heterocycles. The molecule has 0 radical (unpaired) electrons. The standard InChI is InChI=1S/C15H17NO2/c1-2-4-12(5-3-1)10-14-7-6-13(11-16-14)15-17-8-9-18-15/h2,4-7,11,15H,1,3,8-10H2. The van der Waals surface area contributed by atoms with E-state index >= 15 is 0 Å². The van der Waals surface area contributed by atoms with Gasteiger partial charge in [-0.1, -0.05) is 24.3 Å². The number of rotatable bonds is 3. The van der Waals surface area contributed by atoms with E-state index in [4.69, 9.17) is 9.47 Å². The van der Waals surface area contributed by atoms with Crippen molar-refractivity contribution in [3.8, 4) is 0 Å². The minimum absolute atomic E-state index is 0.222. The highest BCUT2D eigenvalue weighted by Crippen LogP contribution is 2.23. The summed E-state index contributed by atoms with van der Waals surface area (Å²) in [7, 11) is 0. The van der Waals surface area contributed by atoms with Crippen molar-refractivity contribution in [3.05, 3.63) is 53.4 Å². The highest BCUT2D eigenvalue weighted by molar-refractivity contribution is 5.28. The van der Waals surface area contributed by atoms with E-state index in [1.807, 2.05) is 12.3 Å². The number of hydrogen-bond acceptors (Lipinski definition) is 3. The van der Waals surface area contributed by atoms with E-state index in [0.717, 1.165) is 30.5 Å². The number of nitrogens with zero attached hydrogens (tertiary/aromatic N) is 1. The van der Waals surface area contributed by atoms with Gasteiger partial charge >= 0.3 is 0 Å². The molecule has 1 fully saturated rings. The Morgan fingerprint density at radius 2 is 2.06 bits per heavy atom. The lowest BCUT2D eigenvalue weighted by Crippen LogP contribution is -2.00. The molecule has 3 heteroatoms. The lowest BCUT2D eigenvalue weighted by atomic mass is 10.0. The summed E-state index contributed by atoms with van der Waals surface area (Å²) in [5, 5.41) is 0. The second kappa shape index (κ2) is 5.46. The monoisotopic (exact) mass is 243 g/mol. The van der Waals surface area contributed by atoms with Gasteiger partial charge in [0.2, 0.25) is 0 Å². The maximum absolute atomic E-state index is 5.44. The fraction of sp³-hybridized carbons (Fsp3) is 0.400. The summed E-state index contributed by atoms with van der Waals surface area (Å²) in [6.45, 7) is 1.34. The first-order valence-corrected chi connectivity index (χ1v) is 6.45. The molecule has 0 unspecified atom stereocenters. The second-order valence-electron chi connectivity index (χ2n) is 4.59. The third kappa shape index (κ3) is 2.68. The van der Waals surface area contributed by atoms with Crippen molar-refractivity contribution in [2.24, 2.45) is 0 Å². The van der Waals surface area contributed by atoms with E-state index in [9.17, 15) is 0 Å². The maximum atomic E-state index is 5.44. The molecule has 0 spiro atoms. The Morgan fingerprint density at radius 3 is 2.72 bits per heavy atom. The van der Waals surface area contributed by atoms with E-state index in [-0.39, 0.29) is 6.29 Å². The van der Waals surface area contributed by atoms with Gasteiger partial charge in [0.15, 0.2) is 6.29 Å². The first-order valence-electron chi connectivity index (χ1n) is 6.45. The normalized spacial score (nSPS) is 20.1. The Labute approximate surface area is 107 Å². The summed E-state index contributed by atoms with van der Waals surface area (Å²) in [5.74, 6) is 0. The first-order chi connectivity index (χ1) is 8.92. The molecular formula is C15H17NO2. The second-order valence-corrected chi connectivity index (χ2v) is 4.59. The van der Waals surface area contributed by atoms with Crippen molar-refractivity contribution in [3.63, 3.8) is 0 Å². The molecule has 1 aliphatic carbocycles. The summed E-state index contributed by atoms with van der Waals surface area (Å²) in [6.07, 6.45) is 11.6. The highest BCUT2D eigenvalue weighted by Gasteiger charge is 2.18. The van der Waals surface area contributed by atoms with Crippen LogP contribution < -0.4 is 0 Å². The molecule has 3 nitrogen and oxygen atoms in total. The van der Waals surface area contributed by atoms with Crippen molar-refractivity contribution in [1.29, 1.82) is 0 Å². The predicted octanol–water partition coefficient (Wildman–Crippen LogP) is 2.95. The van der Waals surface area contributed by atoms with Crippen LogP contribution in [0.15, 0.2) is 42.1 Å². The van der Waals surface area contributed by atoms with Gasteiger partial charge in [-0.15, -0.1) is 0 Å². The molecule has 1 saturated heterocycles. The Morgan fingerprint density at radius 1 is 1.17 bits per heavy atom. The van der Waals surface area contributed by atoms with Gasteiger partial charge in [-0.3, -0.25) is 4.98 Å². The zero-order valence-corrected chi connectivity index (χ0v) is 10.3. The minimum atomic E-state index is -0.222. The van der Waals surface area contributed by atoms with Gasteiger partial charge < -0.3 is 9.47 Å². The van der Waals surface area contributed by atoms with E-state index < -0.39 is 0 Å². The molecule has 0 aromatic carbocycles. The van der Waals surface area contributed by atoms with Crippen LogP contribution in [-0.2, 0) is 15.9 Å². The third-order valence-electron chi connectivity index (χ3n) is 3.20. The molecule has 94 valence electrons. The van der Waals surface area contributed by atoms with Crippen LogP contribution in [0.25, 0.3) is 0 Å². The molecular weight excluding hydrogens is 226 g/mol. The van der Waals surface area contributed by atoms with Crippen molar-refractivity contribution < 1.29 is 9.47 Å². The minimum Gasteiger partial charge on any atom is -0.346 e. The molecule has 0 saturated carbocycles. The van der Waals surface area contributed by atoms with Gasteiger partial charge in [0, 0.05) is 23.9 Å². The van der Waals surface area contributed by atoms with Gasteiger partial charge in [-0.05, 0) is 24.5 Å². The maximum Gasteiger partial charge on any atom is 0.185 e. The van der Waals surface area contributed by atoms with Gasteiger partial charge in [-0.25, -0.2) is 0 Å². The van der Waals surface area contributed by atoms with E-state index in [0.29, 0.717) is 13.2 Å². The fourth-order valence-electron chi connectivity index (χ4n) is 2.24. The van der Waals surface area contributed by atoms with Crippen LogP contribution >= 0.6 is 0 Å². The quantitative estimate of drug-likeness (QED) is 0.818. The Balaban J connectivity index is 1.67. The largest absolute Gasteiger partial charge is 0.346 e. The lowest BCUT2D eigenvalue weighted by Gasteiger charge is -2.10. The Bertz CT molecular complexity index is 456. The van der Waals surface area contributed by atoms with E-state index in [1.165, 1.54) is 5.57 Å². The smallest absolute Gasteiger partial charge is 0.185 e. The molecule has 2 aliphatic rings.